The lowest BCUT2D eigenvalue weighted by Crippen LogP contribution is -2.45. The van der Waals surface area contributed by atoms with Crippen LogP contribution in [0.25, 0.3) is 0 Å². The van der Waals surface area contributed by atoms with Gasteiger partial charge in [-0.05, 0) is 34.7 Å². The molecule has 0 aliphatic rings. The molecule has 28 heavy (non-hydrogen) atoms. The first-order valence-corrected chi connectivity index (χ1v) is 8.75. The molecular weight excluding hydrogens is 369 g/mol. The summed E-state index contributed by atoms with van der Waals surface area (Å²) in [4.78, 5) is 24.2. The molecule has 0 aliphatic heterocycles. The van der Waals surface area contributed by atoms with E-state index in [9.17, 15) is 22.8 Å². The normalized spacial score (nSPS) is 13.1. The molecule has 7 heteroatoms. The van der Waals surface area contributed by atoms with Gasteiger partial charge in [-0.3, -0.25) is 9.59 Å². The number of halogens is 3. The maximum atomic E-state index is 12.9. The number of amides is 2. The molecule has 2 aromatic rings. The minimum Gasteiger partial charge on any atom is -0.368 e. The summed E-state index contributed by atoms with van der Waals surface area (Å²) in [5, 5.41) is 2.50. The highest BCUT2D eigenvalue weighted by atomic mass is 19.4. The van der Waals surface area contributed by atoms with E-state index in [-0.39, 0.29) is 17.4 Å². The van der Waals surface area contributed by atoms with Crippen molar-refractivity contribution in [3.05, 3.63) is 70.8 Å². The lowest BCUT2D eigenvalue weighted by molar-refractivity contribution is -0.137. The SMILES string of the molecule is CC(C)(C)c1ccc(C(=O)N[C@@H](Cc2cccc(C(F)(F)F)c2)C(N)=O)cc1. The molecule has 0 heterocycles. The van der Waals surface area contributed by atoms with Crippen LogP contribution in [-0.2, 0) is 22.8 Å². The second-order valence-corrected chi connectivity index (χ2v) is 7.66. The molecule has 2 amide bonds. The lowest BCUT2D eigenvalue weighted by Gasteiger charge is -2.20. The molecule has 0 bridgehead atoms. The molecule has 0 fully saturated rings. The average Bonchev–Trinajstić information content (AvgIpc) is 2.60. The topological polar surface area (TPSA) is 72.2 Å². The Kier molecular flexibility index (Phi) is 6.17. The Morgan fingerprint density at radius 2 is 1.61 bits per heavy atom. The van der Waals surface area contributed by atoms with Crippen molar-refractivity contribution in [1.82, 2.24) is 5.32 Å². The van der Waals surface area contributed by atoms with Crippen molar-refractivity contribution in [3.8, 4) is 0 Å². The zero-order valence-corrected chi connectivity index (χ0v) is 15.9. The first-order chi connectivity index (χ1) is 12.9. The number of carbonyl (C=O) groups is 2. The van der Waals surface area contributed by atoms with E-state index in [0.29, 0.717) is 5.56 Å². The van der Waals surface area contributed by atoms with Crippen molar-refractivity contribution >= 4 is 11.8 Å². The fourth-order valence-electron chi connectivity index (χ4n) is 2.70. The maximum Gasteiger partial charge on any atom is 0.416 e. The first-order valence-electron chi connectivity index (χ1n) is 8.75. The van der Waals surface area contributed by atoms with Crippen LogP contribution in [0, 0.1) is 0 Å². The fraction of sp³-hybridized carbons (Fsp3) is 0.333. The van der Waals surface area contributed by atoms with E-state index in [1.807, 2.05) is 32.9 Å². The van der Waals surface area contributed by atoms with Crippen LogP contribution in [0.2, 0.25) is 0 Å². The van der Waals surface area contributed by atoms with E-state index in [0.717, 1.165) is 17.7 Å². The molecule has 0 unspecified atom stereocenters. The smallest absolute Gasteiger partial charge is 0.368 e. The third kappa shape index (κ3) is 5.58. The van der Waals surface area contributed by atoms with Gasteiger partial charge in [-0.2, -0.15) is 13.2 Å². The van der Waals surface area contributed by atoms with Crippen molar-refractivity contribution in [3.63, 3.8) is 0 Å². The number of hydrogen-bond donors (Lipinski definition) is 2. The average molecular weight is 392 g/mol. The Hall–Kier alpha value is -2.83. The third-order valence-electron chi connectivity index (χ3n) is 4.36. The van der Waals surface area contributed by atoms with Gasteiger partial charge < -0.3 is 11.1 Å². The quantitative estimate of drug-likeness (QED) is 0.812. The molecule has 4 nitrogen and oxygen atoms in total. The van der Waals surface area contributed by atoms with E-state index < -0.39 is 29.6 Å². The molecule has 0 radical (unpaired) electrons. The molecule has 2 rings (SSSR count). The van der Waals surface area contributed by atoms with Crippen LogP contribution in [0.3, 0.4) is 0 Å². The van der Waals surface area contributed by atoms with Crippen LogP contribution in [0.4, 0.5) is 13.2 Å². The van der Waals surface area contributed by atoms with Gasteiger partial charge in [-0.25, -0.2) is 0 Å². The van der Waals surface area contributed by atoms with Crippen LogP contribution >= 0.6 is 0 Å². The Labute approximate surface area is 161 Å². The van der Waals surface area contributed by atoms with Gasteiger partial charge in [0.15, 0.2) is 0 Å². The minimum absolute atomic E-state index is 0.0751. The molecule has 2 aromatic carbocycles. The molecule has 0 spiro atoms. The van der Waals surface area contributed by atoms with E-state index in [2.05, 4.69) is 5.32 Å². The van der Waals surface area contributed by atoms with E-state index in [1.165, 1.54) is 12.1 Å². The number of nitrogens with one attached hydrogen (secondary N) is 1. The van der Waals surface area contributed by atoms with Crippen LogP contribution in [0.15, 0.2) is 48.5 Å². The predicted molar refractivity (Wildman–Crippen MR) is 101 cm³/mol. The minimum atomic E-state index is -4.49. The summed E-state index contributed by atoms with van der Waals surface area (Å²) in [6, 6.07) is 10.4. The van der Waals surface area contributed by atoms with Gasteiger partial charge in [0.05, 0.1) is 5.56 Å². The summed E-state index contributed by atoms with van der Waals surface area (Å²) in [6.45, 7) is 6.13. The number of rotatable bonds is 5. The van der Waals surface area contributed by atoms with Gasteiger partial charge in [0, 0.05) is 12.0 Å². The Bertz CT molecular complexity index is 853. The second kappa shape index (κ2) is 8.04. The second-order valence-electron chi connectivity index (χ2n) is 7.66. The highest BCUT2D eigenvalue weighted by Gasteiger charge is 2.31. The van der Waals surface area contributed by atoms with Crippen LogP contribution in [0.1, 0.15) is 47.8 Å². The predicted octanol–water partition coefficient (Wildman–Crippen LogP) is 3.83. The van der Waals surface area contributed by atoms with Gasteiger partial charge >= 0.3 is 6.18 Å². The fourth-order valence-corrected chi connectivity index (χ4v) is 2.70. The molecule has 0 saturated heterocycles. The third-order valence-corrected chi connectivity index (χ3v) is 4.36. The Balaban J connectivity index is 2.15. The molecule has 1 atom stereocenters. The number of hydrogen-bond acceptors (Lipinski definition) is 2. The van der Waals surface area contributed by atoms with Gasteiger partial charge in [-0.15, -0.1) is 0 Å². The number of primary amides is 1. The summed E-state index contributed by atoms with van der Waals surface area (Å²) < 4.78 is 38.6. The first kappa shape index (κ1) is 21.5. The van der Waals surface area contributed by atoms with Crippen LogP contribution in [-0.4, -0.2) is 17.9 Å². The molecule has 0 saturated carbocycles. The van der Waals surface area contributed by atoms with Crippen LogP contribution in [0.5, 0.6) is 0 Å². The molecular formula is C21H23F3N2O2. The molecule has 0 aliphatic carbocycles. The molecule has 0 aromatic heterocycles. The van der Waals surface area contributed by atoms with Crippen molar-refractivity contribution < 1.29 is 22.8 Å². The maximum absolute atomic E-state index is 12.9. The monoisotopic (exact) mass is 392 g/mol. The van der Waals surface area contributed by atoms with E-state index in [4.69, 9.17) is 5.73 Å². The van der Waals surface area contributed by atoms with E-state index >= 15 is 0 Å². The largest absolute Gasteiger partial charge is 0.416 e. The molecule has 3 N–H and O–H groups in total. The number of alkyl halides is 3. The van der Waals surface area contributed by atoms with Gasteiger partial charge in [0.2, 0.25) is 5.91 Å². The van der Waals surface area contributed by atoms with Crippen molar-refractivity contribution in [2.45, 2.75) is 44.8 Å². The zero-order valence-electron chi connectivity index (χ0n) is 15.9. The summed E-state index contributed by atoms with van der Waals surface area (Å²) >= 11 is 0. The van der Waals surface area contributed by atoms with Crippen molar-refractivity contribution in [2.75, 3.05) is 0 Å². The van der Waals surface area contributed by atoms with Crippen LogP contribution < -0.4 is 11.1 Å². The number of carbonyl (C=O) groups excluding carboxylic acids is 2. The van der Waals surface area contributed by atoms with Gasteiger partial charge in [0.1, 0.15) is 6.04 Å². The summed E-state index contributed by atoms with van der Waals surface area (Å²) in [7, 11) is 0. The number of nitrogens with two attached hydrogens (primary N) is 1. The summed E-state index contributed by atoms with van der Waals surface area (Å²) in [5.74, 6) is -1.34. The lowest BCUT2D eigenvalue weighted by atomic mass is 9.86. The Morgan fingerprint density at radius 3 is 2.11 bits per heavy atom. The number of benzene rings is 2. The standard InChI is InChI=1S/C21H23F3N2O2/c1-20(2,3)15-9-7-14(8-10-15)19(28)26-17(18(25)27)12-13-5-4-6-16(11-13)21(22,23)24/h4-11,17H,12H2,1-3H3,(H2,25,27)(H,26,28)/t17-/m0/s1. The Morgan fingerprint density at radius 1 is 1.00 bits per heavy atom. The van der Waals surface area contributed by atoms with Crippen molar-refractivity contribution in [2.24, 2.45) is 5.73 Å². The highest BCUT2D eigenvalue weighted by Crippen LogP contribution is 2.29. The molecule has 150 valence electrons. The van der Waals surface area contributed by atoms with Gasteiger partial charge in [0.25, 0.3) is 5.91 Å². The highest BCUT2D eigenvalue weighted by molar-refractivity contribution is 5.97. The van der Waals surface area contributed by atoms with E-state index in [1.54, 1.807) is 12.1 Å². The van der Waals surface area contributed by atoms with Crippen molar-refractivity contribution in [1.29, 1.82) is 0 Å². The zero-order chi connectivity index (χ0) is 21.1. The summed E-state index contributed by atoms with van der Waals surface area (Å²) in [6.07, 6.45) is -4.62. The summed E-state index contributed by atoms with van der Waals surface area (Å²) in [5.41, 5.74) is 6.07. The van der Waals surface area contributed by atoms with Gasteiger partial charge in [-0.1, -0.05) is 51.1 Å².